The number of aromatic hydroxyl groups is 1. The van der Waals surface area contributed by atoms with Gasteiger partial charge in [-0.15, -0.1) is 0 Å². The largest absolute Gasteiger partial charge is 0.507 e. The van der Waals surface area contributed by atoms with Crippen molar-refractivity contribution in [1.82, 2.24) is 42.1 Å². The number of primary amides is 3. The summed E-state index contributed by atoms with van der Waals surface area (Å²) >= 11 is 1.90. The normalized spacial score (nSPS) is 14.5. The minimum absolute atomic E-state index is 0.00542. The third kappa shape index (κ3) is 25.5. The first-order chi connectivity index (χ1) is 47.2. The number of nitrogens with two attached hydrogens (primary N) is 7. The van der Waals surface area contributed by atoms with E-state index in [0.29, 0.717) is 37.0 Å². The lowest BCUT2D eigenvalue weighted by atomic mass is 9.98. The molecule has 1 fully saturated rings. The number of hydrogen-bond donors (Lipinski definition) is 15. The van der Waals surface area contributed by atoms with E-state index >= 15 is 0 Å². The Bertz CT molecular complexity index is 3730. The Kier molecular flexibility index (Phi) is 30.1. The van der Waals surface area contributed by atoms with Crippen molar-refractivity contribution in [2.75, 3.05) is 19.6 Å². The number of carbonyl (C=O) groups is 12. The zero-order chi connectivity index (χ0) is 72.1. The molecule has 30 nitrogen and oxygen atoms in total. The number of nitrogens with one attached hydrogen (secondary N) is 7. The molecule has 22 N–H and O–H groups in total. The number of phenols is 1. The van der Waals surface area contributed by atoms with E-state index in [0.717, 1.165) is 0 Å². The average Bonchev–Trinajstić information content (AvgIpc) is 1.69. The van der Waals surface area contributed by atoms with E-state index in [1.54, 1.807) is 127 Å². The molecule has 526 valence electrons. The molecule has 0 bridgehead atoms. The number of hydrogen-bond acceptors (Lipinski definition) is 15. The number of aliphatic imine (C=N–C) groups is 2. The van der Waals surface area contributed by atoms with Crippen LogP contribution in [0, 0.1) is 3.57 Å². The number of benzene rings is 5. The average molecular weight is 1470 g/mol. The van der Waals surface area contributed by atoms with Gasteiger partial charge in [-0.25, -0.2) is 0 Å². The Morgan fingerprint density at radius 3 is 1.49 bits per heavy atom. The number of amides is 11. The maximum Gasteiger partial charge on any atom is 0.245 e. The molecule has 0 radical (unpaired) electrons. The van der Waals surface area contributed by atoms with Crippen LogP contribution in [0.25, 0.3) is 0 Å². The van der Waals surface area contributed by atoms with Gasteiger partial charge in [-0.05, 0) is 102 Å². The van der Waals surface area contributed by atoms with Crippen LogP contribution < -0.4 is 77.4 Å². The lowest BCUT2D eigenvalue weighted by Crippen LogP contribution is -2.61. The van der Waals surface area contributed by atoms with Crippen molar-refractivity contribution in [3.8, 4) is 5.75 Å². The first kappa shape index (κ1) is 77.0. The van der Waals surface area contributed by atoms with E-state index < -0.39 is 133 Å². The molecule has 0 spiro atoms. The number of rotatable bonds is 38. The summed E-state index contributed by atoms with van der Waals surface area (Å²) in [6, 6.07) is 25.0. The quantitative estimate of drug-likeness (QED) is 0.00712. The predicted molar refractivity (Wildman–Crippen MR) is 374 cm³/mol. The first-order valence-corrected chi connectivity index (χ1v) is 33.0. The lowest BCUT2D eigenvalue weighted by Gasteiger charge is -2.31. The van der Waals surface area contributed by atoms with E-state index in [-0.39, 0.29) is 107 Å². The third-order valence-corrected chi connectivity index (χ3v) is 16.8. The summed E-state index contributed by atoms with van der Waals surface area (Å²) in [6.45, 7) is -0.0405. The van der Waals surface area contributed by atoms with E-state index in [1.165, 1.54) is 11.0 Å². The number of halogens is 1. The van der Waals surface area contributed by atoms with Gasteiger partial charge in [-0.2, -0.15) is 0 Å². The fraction of sp³-hybridized carbons (Fsp3) is 0.353. The molecule has 1 aliphatic rings. The summed E-state index contributed by atoms with van der Waals surface area (Å²) in [7, 11) is 0. The van der Waals surface area contributed by atoms with Crippen molar-refractivity contribution in [3.05, 3.63) is 170 Å². The minimum Gasteiger partial charge on any atom is -0.507 e. The fourth-order valence-corrected chi connectivity index (χ4v) is 11.4. The maximum atomic E-state index is 14.8. The van der Waals surface area contributed by atoms with Gasteiger partial charge in [-0.3, -0.25) is 67.5 Å². The van der Waals surface area contributed by atoms with Gasteiger partial charge >= 0.3 is 0 Å². The molecule has 0 saturated carbocycles. The van der Waals surface area contributed by atoms with Crippen LogP contribution in [0.4, 0.5) is 0 Å². The smallest absolute Gasteiger partial charge is 0.245 e. The van der Waals surface area contributed by atoms with Gasteiger partial charge in [0, 0.05) is 56.4 Å². The molecule has 31 heteroatoms. The van der Waals surface area contributed by atoms with Crippen LogP contribution in [-0.4, -0.2) is 161 Å². The highest BCUT2D eigenvalue weighted by Gasteiger charge is 2.41. The van der Waals surface area contributed by atoms with Gasteiger partial charge in [0.1, 0.15) is 54.1 Å². The minimum atomic E-state index is -1.88. The van der Waals surface area contributed by atoms with Gasteiger partial charge in [0.15, 0.2) is 17.7 Å². The fourth-order valence-electron chi connectivity index (χ4n) is 10.8. The van der Waals surface area contributed by atoms with E-state index in [2.05, 4.69) is 47.2 Å². The molecule has 99 heavy (non-hydrogen) atoms. The molecule has 1 saturated heterocycles. The highest BCUT2D eigenvalue weighted by Crippen LogP contribution is 2.23. The van der Waals surface area contributed by atoms with E-state index in [4.69, 9.17) is 40.1 Å². The molecule has 0 aromatic heterocycles. The molecular weight excluding hydrogens is 1390 g/mol. The summed E-state index contributed by atoms with van der Waals surface area (Å²) < 4.78 is 0.473. The molecule has 5 aromatic carbocycles. The second-order valence-corrected chi connectivity index (χ2v) is 24.8. The van der Waals surface area contributed by atoms with Gasteiger partial charge in [0.25, 0.3) is 0 Å². The van der Waals surface area contributed by atoms with E-state index in [1.807, 2.05) is 22.6 Å². The second-order valence-electron chi connectivity index (χ2n) is 23.6. The van der Waals surface area contributed by atoms with Crippen molar-refractivity contribution in [3.63, 3.8) is 0 Å². The van der Waals surface area contributed by atoms with Crippen molar-refractivity contribution >= 4 is 105 Å². The number of likely N-dealkylation sites (tertiary alicyclic amines) is 1. The van der Waals surface area contributed by atoms with Crippen LogP contribution in [-0.2, 0) is 78.4 Å². The second kappa shape index (κ2) is 38.7. The molecule has 1 heterocycles. The van der Waals surface area contributed by atoms with Crippen LogP contribution in [0.1, 0.15) is 96.0 Å². The van der Waals surface area contributed by atoms with Crippen LogP contribution in [0.15, 0.2) is 143 Å². The van der Waals surface area contributed by atoms with Crippen LogP contribution in [0.2, 0.25) is 0 Å². The molecule has 1 aliphatic heterocycles. The Morgan fingerprint density at radius 2 is 0.939 bits per heavy atom. The van der Waals surface area contributed by atoms with Crippen LogP contribution in [0.3, 0.4) is 0 Å². The predicted octanol–water partition coefficient (Wildman–Crippen LogP) is -1.38. The highest BCUT2D eigenvalue weighted by atomic mass is 127. The molecule has 8 atom stereocenters. The summed E-state index contributed by atoms with van der Waals surface area (Å²) in [4.78, 5) is 176. The Labute approximate surface area is 584 Å². The molecule has 0 aliphatic carbocycles. The van der Waals surface area contributed by atoms with E-state index in [9.17, 15) is 62.6 Å². The summed E-state index contributed by atoms with van der Waals surface area (Å²) in [5.74, 6) is -10.7. The molecular formula is C68H84IN17O13. The van der Waals surface area contributed by atoms with Gasteiger partial charge < -0.3 is 87.4 Å². The standard InChI is InChI=1S/C68H84IN17O13/c69-45-33-42(24-28-54(45)87)36-49(59(72)92)83-60(93)46(19-10-30-77-67(73)74)81-65(98)53-21-12-32-86(53)66(99)48(20-11-31-78-68(75)76)82-64(97)52(38-56(71)89)85-61(94)47(27-29-55(70)88)80-63(96)51(34-39-13-4-1-5-14-39)84-62(95)50(79-57(90)37-40-15-6-2-7-16-40)35-41-22-25-44(26-23-41)58(91)43-17-8-3-9-18-43/h1-9,13-18,22-26,28,33,46-53,87H,10-12,19-21,27,29-32,34-38H2,(H2,70,88)(H2,71,89)(H2,72,92)(H,79,90)(H,80,96)(H,81,98)(H,82,97)(H,83,93)(H,84,95)(H,85,94)(H4,73,74,77)(H4,75,76,78)/t46-,47-,48-,49-,50+,51-,52-,53+/m0/s1. The summed E-state index contributed by atoms with van der Waals surface area (Å²) in [5, 5.41) is 28.4. The summed E-state index contributed by atoms with van der Waals surface area (Å²) in [6.07, 6.45) is -2.12. The molecule has 11 amide bonds. The van der Waals surface area contributed by atoms with Crippen molar-refractivity contribution in [1.29, 1.82) is 0 Å². The summed E-state index contributed by atoms with van der Waals surface area (Å²) in [5.41, 5.74) is 42.2. The van der Waals surface area contributed by atoms with Gasteiger partial charge in [0.2, 0.25) is 65.0 Å². The monoisotopic (exact) mass is 1470 g/mol. The number of phenolic OH excluding ortho intramolecular Hbond substituents is 1. The lowest BCUT2D eigenvalue weighted by molar-refractivity contribution is -0.143. The number of nitrogens with zero attached hydrogens (tertiary/aromatic N) is 3. The van der Waals surface area contributed by atoms with Crippen molar-refractivity contribution in [2.24, 2.45) is 50.1 Å². The number of ketones is 1. The van der Waals surface area contributed by atoms with Gasteiger partial charge in [0.05, 0.1) is 16.4 Å². The highest BCUT2D eigenvalue weighted by molar-refractivity contribution is 14.1. The number of guanidine groups is 2. The Morgan fingerprint density at radius 1 is 0.485 bits per heavy atom. The first-order valence-electron chi connectivity index (χ1n) is 31.9. The van der Waals surface area contributed by atoms with Crippen LogP contribution >= 0.6 is 22.6 Å². The topological polar surface area (TPSA) is 519 Å². The van der Waals surface area contributed by atoms with Crippen LogP contribution in [0.5, 0.6) is 5.75 Å². The molecule has 0 unspecified atom stereocenters. The van der Waals surface area contributed by atoms with Crippen molar-refractivity contribution < 1.29 is 62.6 Å². The maximum absolute atomic E-state index is 14.8. The van der Waals surface area contributed by atoms with Gasteiger partial charge in [-0.1, -0.05) is 121 Å². The zero-order valence-electron chi connectivity index (χ0n) is 54.2. The van der Waals surface area contributed by atoms with Crippen molar-refractivity contribution in [2.45, 2.75) is 132 Å². The molecule has 5 aromatic rings. The Balaban J connectivity index is 1.23. The zero-order valence-corrected chi connectivity index (χ0v) is 56.4. The SMILES string of the molecule is NC(=O)CC[C@H](NC(=O)[C@H](Cc1ccccc1)NC(=O)[C@@H](Cc1ccc(C(=O)c2ccccc2)cc1)NC(=O)Cc1ccccc1)C(=O)N[C@@H](CC(N)=O)C(=O)N[C@@H](CCCN=C(N)N)C(=O)N1CCC[C@@H]1C(=O)N[C@@H](CCCN=C(N)N)C(=O)N[C@@H](Cc1ccc(O)c(I)c1)C(N)=O. The molecule has 6 rings (SSSR count). The third-order valence-electron chi connectivity index (χ3n) is 15.9. The number of carbonyl (C=O) groups excluding carboxylic acids is 12. The Hall–Kier alpha value is -11.0.